The molecule has 9 nitrogen and oxygen atoms in total. The van der Waals surface area contributed by atoms with Crippen molar-refractivity contribution >= 4 is 51.8 Å². The van der Waals surface area contributed by atoms with Gasteiger partial charge in [0.15, 0.2) is 0 Å². The molecule has 4 rings (SSSR count). The van der Waals surface area contributed by atoms with E-state index in [1.54, 1.807) is 18.3 Å². The molecule has 0 bridgehead atoms. The highest BCUT2D eigenvalue weighted by Crippen LogP contribution is 2.37. The molecule has 2 heterocycles. The molecule has 1 aliphatic rings. The smallest absolute Gasteiger partial charge is 0.275 e. The molecule has 10 heteroatoms. The van der Waals surface area contributed by atoms with Crippen LogP contribution in [0.5, 0.6) is 0 Å². The molecular weight excluding hydrogens is 504 g/mol. The van der Waals surface area contributed by atoms with E-state index in [9.17, 15) is 14.4 Å². The molecule has 38 heavy (non-hydrogen) atoms. The van der Waals surface area contributed by atoms with Crippen LogP contribution >= 0.6 is 11.6 Å². The topological polar surface area (TPSA) is 123 Å². The molecule has 2 aromatic carbocycles. The van der Waals surface area contributed by atoms with Crippen molar-refractivity contribution in [2.45, 2.75) is 39.7 Å². The summed E-state index contributed by atoms with van der Waals surface area (Å²) in [7, 11) is 1.51. The summed E-state index contributed by atoms with van der Waals surface area (Å²) in [4.78, 5) is 44.2. The Balaban J connectivity index is 1.73. The maximum absolute atomic E-state index is 13.3. The number of hydrogen-bond donors (Lipinski definition) is 2. The van der Waals surface area contributed by atoms with Gasteiger partial charge in [-0.1, -0.05) is 31.5 Å². The number of nitrogens with two attached hydrogens (primary N) is 1. The second kappa shape index (κ2) is 11.6. The third-order valence-corrected chi connectivity index (χ3v) is 6.68. The molecule has 3 aromatic rings. The summed E-state index contributed by atoms with van der Waals surface area (Å²) in [5.41, 5.74) is 9.26. The minimum atomic E-state index is -0.350. The fraction of sp³-hybridized carbons (Fsp3) is 0.321. The Kier molecular flexibility index (Phi) is 8.26. The van der Waals surface area contributed by atoms with Crippen LogP contribution in [0.3, 0.4) is 0 Å². The lowest BCUT2D eigenvalue weighted by Crippen LogP contribution is -2.34. The number of nitrogens with one attached hydrogen (secondary N) is 1. The number of carbonyl (C=O) groups excluding carboxylic acids is 2. The number of rotatable bonds is 8. The minimum Gasteiger partial charge on any atom is -0.387 e. The Labute approximate surface area is 226 Å². The van der Waals surface area contributed by atoms with Gasteiger partial charge in [0.2, 0.25) is 11.8 Å². The van der Waals surface area contributed by atoms with E-state index in [2.05, 4.69) is 15.4 Å². The van der Waals surface area contributed by atoms with Gasteiger partial charge in [-0.2, -0.15) is 5.10 Å². The number of benzene rings is 2. The molecule has 0 spiro atoms. The first-order chi connectivity index (χ1) is 18.2. The Morgan fingerprint density at radius 2 is 1.87 bits per heavy atom. The van der Waals surface area contributed by atoms with Gasteiger partial charge in [-0.05, 0) is 54.3 Å². The zero-order valence-corrected chi connectivity index (χ0v) is 22.5. The molecule has 1 aromatic heterocycles. The average Bonchev–Trinajstić information content (AvgIpc) is 3.07. The summed E-state index contributed by atoms with van der Waals surface area (Å²) >= 11 is 6.73. The predicted molar refractivity (Wildman–Crippen MR) is 152 cm³/mol. The van der Waals surface area contributed by atoms with Crippen molar-refractivity contribution in [2.24, 2.45) is 10.7 Å². The third kappa shape index (κ3) is 5.62. The van der Waals surface area contributed by atoms with Gasteiger partial charge >= 0.3 is 0 Å². The van der Waals surface area contributed by atoms with Crippen molar-refractivity contribution in [1.82, 2.24) is 20.0 Å². The standard InChI is InChI=1S/C28H31ClN6O3/c1-4-8-34(9-5-2)27(37)19-11-22-23(29)12-18(13-24(22)33-25(30)14-19)17-6-7-21-20(10-17)15-32-35(28(21)38)16-26(36)31-3/h6-7,10-13,15H,4-5,8-9,14,16H2,1-3H3,(H2,30,33)(H,31,36). The van der Waals surface area contributed by atoms with Crippen molar-refractivity contribution in [3.8, 4) is 11.1 Å². The Morgan fingerprint density at radius 1 is 1.13 bits per heavy atom. The molecule has 0 radical (unpaired) electrons. The number of likely N-dealkylation sites (N-methyl/N-ethyl adjacent to an activating group) is 1. The van der Waals surface area contributed by atoms with E-state index in [1.165, 1.54) is 7.05 Å². The van der Waals surface area contributed by atoms with Crippen LogP contribution in [0, 0.1) is 0 Å². The molecule has 1 aliphatic heterocycles. The van der Waals surface area contributed by atoms with E-state index in [0.717, 1.165) is 28.7 Å². The van der Waals surface area contributed by atoms with Crippen LogP contribution in [0.1, 0.15) is 38.7 Å². The zero-order chi connectivity index (χ0) is 27.4. The van der Waals surface area contributed by atoms with Gasteiger partial charge in [0.05, 0.1) is 22.3 Å². The maximum Gasteiger partial charge on any atom is 0.275 e. The van der Waals surface area contributed by atoms with E-state index in [0.29, 0.717) is 51.5 Å². The van der Waals surface area contributed by atoms with Crippen molar-refractivity contribution < 1.29 is 9.59 Å². The zero-order valence-electron chi connectivity index (χ0n) is 21.8. The molecule has 0 aliphatic carbocycles. The van der Waals surface area contributed by atoms with Crippen LogP contribution in [0.4, 0.5) is 5.69 Å². The quantitative estimate of drug-likeness (QED) is 0.454. The van der Waals surface area contributed by atoms with Gasteiger partial charge < -0.3 is 16.0 Å². The molecule has 198 valence electrons. The van der Waals surface area contributed by atoms with Crippen LogP contribution in [0.15, 0.2) is 51.9 Å². The lowest BCUT2D eigenvalue weighted by Gasteiger charge is -2.22. The number of hydrogen-bond acceptors (Lipinski definition) is 6. The van der Waals surface area contributed by atoms with Crippen molar-refractivity contribution in [1.29, 1.82) is 0 Å². The van der Waals surface area contributed by atoms with Crippen LogP contribution < -0.4 is 16.6 Å². The first-order valence-electron chi connectivity index (χ1n) is 12.6. The maximum atomic E-state index is 13.3. The van der Waals surface area contributed by atoms with E-state index in [-0.39, 0.29) is 30.3 Å². The summed E-state index contributed by atoms with van der Waals surface area (Å²) in [5, 5.41) is 8.15. The lowest BCUT2D eigenvalue weighted by molar-refractivity contribution is -0.127. The fourth-order valence-corrected chi connectivity index (χ4v) is 4.78. The third-order valence-electron chi connectivity index (χ3n) is 6.37. The van der Waals surface area contributed by atoms with Crippen molar-refractivity contribution in [3.63, 3.8) is 0 Å². The highest BCUT2D eigenvalue weighted by Gasteiger charge is 2.22. The summed E-state index contributed by atoms with van der Waals surface area (Å²) in [6.45, 7) is 5.29. The van der Waals surface area contributed by atoms with Crippen LogP contribution in [-0.2, 0) is 16.1 Å². The molecular formula is C28H31ClN6O3. The fourth-order valence-electron chi connectivity index (χ4n) is 4.51. The number of amides is 2. The van der Waals surface area contributed by atoms with Gasteiger partial charge in [0, 0.05) is 43.1 Å². The van der Waals surface area contributed by atoms with Crippen LogP contribution in [0.2, 0.25) is 5.02 Å². The van der Waals surface area contributed by atoms with Crippen molar-refractivity contribution in [3.05, 3.63) is 63.0 Å². The van der Waals surface area contributed by atoms with Gasteiger partial charge in [0.25, 0.3) is 5.56 Å². The van der Waals surface area contributed by atoms with Crippen molar-refractivity contribution in [2.75, 3.05) is 20.1 Å². The second-order valence-electron chi connectivity index (χ2n) is 9.22. The summed E-state index contributed by atoms with van der Waals surface area (Å²) in [5.74, 6) is -0.0230. The molecule has 0 fully saturated rings. The van der Waals surface area contributed by atoms with Gasteiger partial charge in [-0.25, -0.2) is 9.67 Å². The number of aliphatic imine (C=N–C) groups is 1. The van der Waals surface area contributed by atoms with Crippen LogP contribution in [-0.4, -0.2) is 52.5 Å². The number of halogens is 1. The summed E-state index contributed by atoms with van der Waals surface area (Å²) in [6, 6.07) is 9.05. The van der Waals surface area contributed by atoms with E-state index < -0.39 is 0 Å². The van der Waals surface area contributed by atoms with Gasteiger partial charge in [-0.15, -0.1) is 0 Å². The Hall–Kier alpha value is -3.98. The Bertz CT molecular complexity index is 1520. The molecule has 0 atom stereocenters. The number of carbonyl (C=O) groups is 2. The Morgan fingerprint density at radius 3 is 2.55 bits per heavy atom. The largest absolute Gasteiger partial charge is 0.387 e. The lowest BCUT2D eigenvalue weighted by atomic mass is 9.99. The minimum absolute atomic E-state index is 0.0519. The summed E-state index contributed by atoms with van der Waals surface area (Å²) in [6.07, 6.45) is 5.33. The average molecular weight is 535 g/mol. The number of nitrogens with zero attached hydrogens (tertiary/aromatic N) is 4. The first-order valence-corrected chi connectivity index (χ1v) is 13.0. The molecule has 0 saturated heterocycles. The normalized spacial score (nSPS) is 12.8. The number of aromatic nitrogens is 2. The highest BCUT2D eigenvalue weighted by atomic mass is 35.5. The SMILES string of the molecule is CCCN(CCC)C(=O)C1=Cc2c(Cl)cc(-c3ccc4c(=O)n(CC(=O)NC)ncc4c3)cc2N=C(N)C1. The number of fused-ring (bicyclic) bond motifs is 2. The molecule has 3 N–H and O–H groups in total. The molecule has 0 saturated carbocycles. The number of amidine groups is 1. The predicted octanol–water partition coefficient (Wildman–Crippen LogP) is 3.89. The monoisotopic (exact) mass is 534 g/mol. The van der Waals surface area contributed by atoms with E-state index in [1.807, 2.05) is 43.0 Å². The summed E-state index contributed by atoms with van der Waals surface area (Å²) < 4.78 is 1.13. The second-order valence-corrected chi connectivity index (χ2v) is 9.62. The first kappa shape index (κ1) is 27.1. The van der Waals surface area contributed by atoms with Gasteiger partial charge in [-0.3, -0.25) is 14.4 Å². The van der Waals surface area contributed by atoms with Crippen LogP contribution in [0.25, 0.3) is 28.0 Å². The molecule has 2 amide bonds. The van der Waals surface area contributed by atoms with E-state index >= 15 is 0 Å². The van der Waals surface area contributed by atoms with E-state index in [4.69, 9.17) is 17.3 Å². The van der Waals surface area contributed by atoms with Gasteiger partial charge in [0.1, 0.15) is 12.4 Å². The molecule has 0 unspecified atom stereocenters. The highest BCUT2D eigenvalue weighted by molar-refractivity contribution is 6.33.